The fourth-order valence-electron chi connectivity index (χ4n) is 4.62. The Balaban J connectivity index is 1.50. The molecule has 0 aliphatic carbocycles. The van der Waals surface area contributed by atoms with E-state index >= 15 is 0 Å². The largest absolute Gasteiger partial charge is 0.361 e. The highest BCUT2D eigenvalue weighted by atomic mass is 19.1. The molecule has 0 unspecified atom stereocenters. The van der Waals surface area contributed by atoms with Gasteiger partial charge in [0.15, 0.2) is 5.82 Å². The fraction of sp³-hybridized carbons (Fsp3) is 0.346. The zero-order valence-corrected chi connectivity index (χ0v) is 20.6. The maximum atomic E-state index is 14.4. The number of rotatable bonds is 6. The molecule has 3 aromatic heterocycles. The van der Waals surface area contributed by atoms with Crippen LogP contribution < -0.4 is 15.5 Å². The summed E-state index contributed by atoms with van der Waals surface area (Å²) in [5, 5.41) is 7.06. The van der Waals surface area contributed by atoms with Gasteiger partial charge in [-0.3, -0.25) is 14.7 Å². The van der Waals surface area contributed by atoms with Crippen molar-refractivity contribution < 1.29 is 9.18 Å². The standard InChI is InChI=1S/C26H29FN8O/c1-16-20(27)7-6-18-13-19(17(2)32-25-24-21(30-15-31-25)5-4-8-29-24)26(33-23(16)18)35-11-9-34(10-12-35)14-22(36)28-3/h4-8,13,15,17H,9-12,14H2,1-3H3,(H,28,36)(H,30,31,32)/t17-/m0/s1. The lowest BCUT2D eigenvalue weighted by atomic mass is 10.0. The van der Waals surface area contributed by atoms with Gasteiger partial charge in [-0.25, -0.2) is 19.3 Å². The average molecular weight is 489 g/mol. The van der Waals surface area contributed by atoms with Gasteiger partial charge in [-0.1, -0.05) is 0 Å². The van der Waals surface area contributed by atoms with E-state index in [1.165, 1.54) is 12.4 Å². The van der Waals surface area contributed by atoms with E-state index in [4.69, 9.17) is 4.98 Å². The molecule has 4 heterocycles. The normalized spacial score (nSPS) is 15.3. The molecule has 36 heavy (non-hydrogen) atoms. The molecule has 1 aliphatic heterocycles. The minimum atomic E-state index is -0.270. The Kier molecular flexibility index (Phi) is 6.60. The number of carbonyl (C=O) groups is 1. The van der Waals surface area contributed by atoms with Crippen LogP contribution >= 0.6 is 0 Å². The summed E-state index contributed by atoms with van der Waals surface area (Å²) in [6.07, 6.45) is 3.25. The van der Waals surface area contributed by atoms with Gasteiger partial charge in [0.05, 0.1) is 23.6 Å². The Labute approximate surface area is 208 Å². The number of piperazine rings is 1. The molecule has 0 spiro atoms. The molecule has 10 heteroatoms. The summed E-state index contributed by atoms with van der Waals surface area (Å²) in [6.45, 7) is 7.08. The zero-order chi connectivity index (χ0) is 25.2. The van der Waals surface area contributed by atoms with Crippen LogP contribution in [0.25, 0.3) is 21.9 Å². The first-order chi connectivity index (χ1) is 17.4. The van der Waals surface area contributed by atoms with Crippen LogP contribution in [0.5, 0.6) is 0 Å². The summed E-state index contributed by atoms with van der Waals surface area (Å²) >= 11 is 0. The third kappa shape index (κ3) is 4.64. The van der Waals surface area contributed by atoms with Crippen LogP contribution in [-0.2, 0) is 4.79 Å². The first kappa shape index (κ1) is 23.8. The molecule has 2 N–H and O–H groups in total. The van der Waals surface area contributed by atoms with Crippen molar-refractivity contribution >= 4 is 39.5 Å². The highest BCUT2D eigenvalue weighted by Crippen LogP contribution is 2.33. The quantitative estimate of drug-likeness (QED) is 0.427. The molecule has 186 valence electrons. The lowest BCUT2D eigenvalue weighted by Gasteiger charge is -2.36. The zero-order valence-electron chi connectivity index (χ0n) is 20.6. The number of nitrogens with one attached hydrogen (secondary N) is 2. The summed E-state index contributed by atoms with van der Waals surface area (Å²) in [5.41, 5.74) is 3.63. The highest BCUT2D eigenvalue weighted by molar-refractivity contribution is 5.87. The molecular formula is C26H29FN8O. The lowest BCUT2D eigenvalue weighted by molar-refractivity contribution is -0.121. The van der Waals surface area contributed by atoms with Gasteiger partial charge in [0, 0.05) is 55.9 Å². The molecule has 1 aliphatic rings. The smallest absolute Gasteiger partial charge is 0.233 e. The molecular weight excluding hydrogens is 459 g/mol. The van der Waals surface area contributed by atoms with Crippen LogP contribution in [0.1, 0.15) is 24.1 Å². The number of fused-ring (bicyclic) bond motifs is 2. The van der Waals surface area contributed by atoms with Gasteiger partial charge in [0.25, 0.3) is 0 Å². The van der Waals surface area contributed by atoms with Gasteiger partial charge < -0.3 is 15.5 Å². The predicted octanol–water partition coefficient (Wildman–Crippen LogP) is 3.06. The topological polar surface area (TPSA) is 99.2 Å². The first-order valence-electron chi connectivity index (χ1n) is 12.0. The van der Waals surface area contributed by atoms with E-state index in [-0.39, 0.29) is 17.8 Å². The van der Waals surface area contributed by atoms with E-state index < -0.39 is 0 Å². The number of aromatic nitrogens is 4. The number of amides is 1. The number of nitrogens with zero attached hydrogens (tertiary/aromatic N) is 6. The van der Waals surface area contributed by atoms with Crippen LogP contribution in [0.4, 0.5) is 16.0 Å². The Morgan fingerprint density at radius 2 is 1.92 bits per heavy atom. The van der Waals surface area contributed by atoms with Crippen molar-refractivity contribution in [3.63, 3.8) is 0 Å². The van der Waals surface area contributed by atoms with Crippen molar-refractivity contribution in [2.24, 2.45) is 0 Å². The average Bonchev–Trinajstić information content (AvgIpc) is 2.91. The van der Waals surface area contributed by atoms with E-state index in [0.29, 0.717) is 42.0 Å². The predicted molar refractivity (Wildman–Crippen MR) is 139 cm³/mol. The number of carbonyl (C=O) groups excluding carboxylic acids is 1. The number of aryl methyl sites for hydroxylation is 1. The number of pyridine rings is 2. The van der Waals surface area contributed by atoms with E-state index in [2.05, 4.69) is 48.4 Å². The molecule has 1 aromatic carbocycles. The summed E-state index contributed by atoms with van der Waals surface area (Å²) in [4.78, 5) is 34.3. The highest BCUT2D eigenvalue weighted by Gasteiger charge is 2.25. The number of hydrogen-bond donors (Lipinski definition) is 2. The van der Waals surface area contributed by atoms with Crippen LogP contribution in [0.3, 0.4) is 0 Å². The van der Waals surface area contributed by atoms with Gasteiger partial charge in [-0.15, -0.1) is 0 Å². The van der Waals surface area contributed by atoms with E-state index in [0.717, 1.165) is 35.4 Å². The van der Waals surface area contributed by atoms with Crippen molar-refractivity contribution in [2.75, 3.05) is 50.0 Å². The van der Waals surface area contributed by atoms with E-state index in [1.807, 2.05) is 12.1 Å². The van der Waals surface area contributed by atoms with Crippen molar-refractivity contribution in [3.05, 3.63) is 59.8 Å². The number of halogens is 1. The molecule has 5 rings (SSSR count). The molecule has 1 fully saturated rings. The van der Waals surface area contributed by atoms with E-state index in [1.54, 1.807) is 26.2 Å². The molecule has 1 saturated heterocycles. The van der Waals surface area contributed by atoms with Gasteiger partial charge >= 0.3 is 0 Å². The Hall–Kier alpha value is -3.92. The maximum absolute atomic E-state index is 14.4. The molecule has 9 nitrogen and oxygen atoms in total. The Morgan fingerprint density at radius 3 is 2.69 bits per heavy atom. The number of hydrogen-bond acceptors (Lipinski definition) is 8. The van der Waals surface area contributed by atoms with Crippen molar-refractivity contribution in [3.8, 4) is 0 Å². The molecule has 0 saturated carbocycles. The fourth-order valence-corrected chi connectivity index (χ4v) is 4.62. The van der Waals surface area contributed by atoms with Gasteiger partial charge in [-0.05, 0) is 44.2 Å². The summed E-state index contributed by atoms with van der Waals surface area (Å²) in [6, 6.07) is 8.92. The maximum Gasteiger partial charge on any atom is 0.233 e. The summed E-state index contributed by atoms with van der Waals surface area (Å²) in [5.74, 6) is 1.18. The molecule has 0 bridgehead atoms. The van der Waals surface area contributed by atoms with Crippen LogP contribution in [0, 0.1) is 12.7 Å². The summed E-state index contributed by atoms with van der Waals surface area (Å²) < 4.78 is 14.4. The minimum Gasteiger partial charge on any atom is -0.361 e. The van der Waals surface area contributed by atoms with Crippen LogP contribution in [0.2, 0.25) is 0 Å². The third-order valence-electron chi connectivity index (χ3n) is 6.71. The Morgan fingerprint density at radius 1 is 1.11 bits per heavy atom. The van der Waals surface area contributed by atoms with Gasteiger partial charge in [-0.2, -0.15) is 0 Å². The SMILES string of the molecule is CNC(=O)CN1CCN(c2nc3c(C)c(F)ccc3cc2[C@H](C)Nc2ncnc3cccnc23)CC1. The second kappa shape index (κ2) is 9.98. The lowest BCUT2D eigenvalue weighted by Crippen LogP contribution is -2.49. The third-order valence-corrected chi connectivity index (χ3v) is 6.71. The second-order valence-corrected chi connectivity index (χ2v) is 9.04. The monoisotopic (exact) mass is 488 g/mol. The van der Waals surface area contributed by atoms with Crippen LogP contribution in [0.15, 0.2) is 42.9 Å². The second-order valence-electron chi connectivity index (χ2n) is 9.04. The summed E-state index contributed by atoms with van der Waals surface area (Å²) in [7, 11) is 1.65. The van der Waals surface area contributed by atoms with Crippen LogP contribution in [-0.4, -0.2) is 70.5 Å². The first-order valence-corrected chi connectivity index (χ1v) is 12.0. The molecule has 0 radical (unpaired) electrons. The van der Waals surface area contributed by atoms with Gasteiger partial charge in [0.1, 0.15) is 23.5 Å². The van der Waals surface area contributed by atoms with Crippen molar-refractivity contribution in [2.45, 2.75) is 19.9 Å². The number of likely N-dealkylation sites (N-methyl/N-ethyl adjacent to an activating group) is 1. The molecule has 4 aromatic rings. The van der Waals surface area contributed by atoms with Gasteiger partial charge in [0.2, 0.25) is 5.91 Å². The van der Waals surface area contributed by atoms with E-state index in [9.17, 15) is 9.18 Å². The number of anilines is 2. The van der Waals surface area contributed by atoms with Crippen molar-refractivity contribution in [1.82, 2.24) is 30.2 Å². The Bertz CT molecular complexity index is 1420. The molecule has 1 atom stereocenters. The minimum absolute atomic E-state index is 0.00239. The van der Waals surface area contributed by atoms with Crippen molar-refractivity contribution in [1.29, 1.82) is 0 Å². The molecule has 1 amide bonds. The number of benzene rings is 1.